The molecule has 1 heterocycles. The molecule has 5 nitrogen and oxygen atoms in total. The van der Waals surface area contributed by atoms with Crippen LogP contribution in [0, 0.1) is 0 Å². The van der Waals surface area contributed by atoms with Crippen molar-refractivity contribution in [3.05, 3.63) is 71.8 Å². The van der Waals surface area contributed by atoms with Gasteiger partial charge in [0.05, 0.1) is 6.42 Å². The second-order valence-corrected chi connectivity index (χ2v) is 8.73. The fraction of sp³-hybridized carbons (Fsp3) is 0.417. The molecule has 1 aliphatic heterocycles. The highest BCUT2D eigenvalue weighted by molar-refractivity contribution is 5.89. The zero-order valence-corrected chi connectivity index (χ0v) is 17.6. The first-order valence-electron chi connectivity index (χ1n) is 10.2. The standard InChI is InChI=1S/C24H31N3O2/c1-24(2,3)25-23(29)21-18-26(17-20-12-8-5-9-13-20)14-15-27(21)22(28)16-19-10-6-4-7-11-19/h4-13,21H,14-18H2,1-3H3,(H,25,29). The lowest BCUT2D eigenvalue weighted by Gasteiger charge is -2.41. The summed E-state index contributed by atoms with van der Waals surface area (Å²) in [5.41, 5.74) is 1.85. The molecule has 1 N–H and O–H groups in total. The summed E-state index contributed by atoms with van der Waals surface area (Å²) in [5, 5.41) is 3.06. The van der Waals surface area contributed by atoms with Crippen molar-refractivity contribution in [3.63, 3.8) is 0 Å². The van der Waals surface area contributed by atoms with E-state index >= 15 is 0 Å². The Morgan fingerprint density at radius 3 is 2.10 bits per heavy atom. The van der Waals surface area contributed by atoms with Crippen LogP contribution in [0.25, 0.3) is 0 Å². The molecule has 1 atom stereocenters. The van der Waals surface area contributed by atoms with Gasteiger partial charge in [-0.05, 0) is 31.9 Å². The van der Waals surface area contributed by atoms with E-state index in [1.165, 1.54) is 5.56 Å². The van der Waals surface area contributed by atoms with Gasteiger partial charge in [0.2, 0.25) is 11.8 Å². The van der Waals surface area contributed by atoms with Gasteiger partial charge in [-0.25, -0.2) is 0 Å². The quantitative estimate of drug-likeness (QED) is 0.850. The maximum Gasteiger partial charge on any atom is 0.244 e. The van der Waals surface area contributed by atoms with Gasteiger partial charge in [0, 0.05) is 31.7 Å². The number of benzene rings is 2. The first-order valence-corrected chi connectivity index (χ1v) is 10.2. The minimum atomic E-state index is -0.483. The maximum atomic E-state index is 13.0. The van der Waals surface area contributed by atoms with Crippen LogP contribution in [0.15, 0.2) is 60.7 Å². The number of carbonyl (C=O) groups excluding carboxylic acids is 2. The van der Waals surface area contributed by atoms with Gasteiger partial charge in [-0.1, -0.05) is 60.7 Å². The molecule has 3 rings (SSSR count). The van der Waals surface area contributed by atoms with Gasteiger partial charge in [0.1, 0.15) is 6.04 Å². The number of nitrogens with zero attached hydrogens (tertiary/aromatic N) is 2. The highest BCUT2D eigenvalue weighted by Gasteiger charge is 2.36. The monoisotopic (exact) mass is 393 g/mol. The van der Waals surface area contributed by atoms with Crippen LogP contribution in [-0.4, -0.2) is 52.8 Å². The SMILES string of the molecule is CC(C)(C)NC(=O)C1CN(Cc2ccccc2)CCN1C(=O)Cc1ccccc1. The van der Waals surface area contributed by atoms with E-state index in [1.54, 1.807) is 4.90 Å². The van der Waals surface area contributed by atoms with Crippen LogP contribution in [0.2, 0.25) is 0 Å². The van der Waals surface area contributed by atoms with Gasteiger partial charge < -0.3 is 10.2 Å². The number of hydrogen-bond acceptors (Lipinski definition) is 3. The van der Waals surface area contributed by atoms with E-state index in [1.807, 2.05) is 69.3 Å². The molecule has 0 spiro atoms. The van der Waals surface area contributed by atoms with Crippen molar-refractivity contribution in [2.45, 2.75) is 45.3 Å². The van der Waals surface area contributed by atoms with Crippen molar-refractivity contribution >= 4 is 11.8 Å². The number of rotatable bonds is 5. The van der Waals surface area contributed by atoms with Crippen LogP contribution < -0.4 is 5.32 Å². The van der Waals surface area contributed by atoms with Crippen molar-refractivity contribution in [1.82, 2.24) is 15.1 Å². The summed E-state index contributed by atoms with van der Waals surface area (Å²) in [6, 6.07) is 19.5. The fourth-order valence-corrected chi connectivity index (χ4v) is 3.67. The van der Waals surface area contributed by atoms with Crippen molar-refractivity contribution < 1.29 is 9.59 Å². The molecule has 1 aliphatic rings. The molecule has 1 saturated heterocycles. The first-order chi connectivity index (χ1) is 13.8. The third kappa shape index (κ3) is 6.16. The van der Waals surface area contributed by atoms with Crippen LogP contribution in [-0.2, 0) is 22.6 Å². The predicted molar refractivity (Wildman–Crippen MR) is 115 cm³/mol. The van der Waals surface area contributed by atoms with Crippen molar-refractivity contribution in [2.24, 2.45) is 0 Å². The van der Waals surface area contributed by atoms with Gasteiger partial charge in [0.25, 0.3) is 0 Å². The first kappa shape index (κ1) is 21.1. The van der Waals surface area contributed by atoms with E-state index in [2.05, 4.69) is 22.3 Å². The molecular formula is C24H31N3O2. The third-order valence-corrected chi connectivity index (χ3v) is 5.03. The molecule has 0 bridgehead atoms. The van der Waals surface area contributed by atoms with Gasteiger partial charge in [-0.2, -0.15) is 0 Å². The molecule has 2 amide bonds. The largest absolute Gasteiger partial charge is 0.350 e. The van der Waals surface area contributed by atoms with E-state index in [0.29, 0.717) is 19.5 Å². The van der Waals surface area contributed by atoms with Gasteiger partial charge in [0.15, 0.2) is 0 Å². The topological polar surface area (TPSA) is 52.7 Å². The minimum Gasteiger partial charge on any atom is -0.350 e. The lowest BCUT2D eigenvalue weighted by molar-refractivity contribution is -0.144. The Balaban J connectivity index is 1.74. The Morgan fingerprint density at radius 2 is 1.52 bits per heavy atom. The number of hydrogen-bond donors (Lipinski definition) is 1. The summed E-state index contributed by atoms with van der Waals surface area (Å²) in [6.07, 6.45) is 0.318. The number of piperazine rings is 1. The van der Waals surface area contributed by atoms with E-state index in [-0.39, 0.29) is 17.4 Å². The highest BCUT2D eigenvalue weighted by Crippen LogP contribution is 2.17. The summed E-state index contributed by atoms with van der Waals surface area (Å²) < 4.78 is 0. The van der Waals surface area contributed by atoms with E-state index in [0.717, 1.165) is 18.7 Å². The van der Waals surface area contributed by atoms with Crippen LogP contribution in [0.4, 0.5) is 0 Å². The summed E-state index contributed by atoms with van der Waals surface area (Å²) in [6.45, 7) is 8.52. The molecule has 0 aliphatic carbocycles. The van der Waals surface area contributed by atoms with E-state index in [9.17, 15) is 9.59 Å². The summed E-state index contributed by atoms with van der Waals surface area (Å²) in [7, 11) is 0. The molecule has 29 heavy (non-hydrogen) atoms. The van der Waals surface area contributed by atoms with Crippen molar-refractivity contribution in [3.8, 4) is 0 Å². The number of nitrogens with one attached hydrogen (secondary N) is 1. The second-order valence-electron chi connectivity index (χ2n) is 8.73. The molecular weight excluding hydrogens is 362 g/mol. The molecule has 5 heteroatoms. The average molecular weight is 394 g/mol. The molecule has 154 valence electrons. The second kappa shape index (κ2) is 9.23. The van der Waals surface area contributed by atoms with Gasteiger partial charge in [-0.3, -0.25) is 14.5 Å². The average Bonchev–Trinajstić information content (AvgIpc) is 2.68. The van der Waals surface area contributed by atoms with Gasteiger partial charge in [-0.15, -0.1) is 0 Å². The predicted octanol–water partition coefficient (Wildman–Crippen LogP) is 2.86. The van der Waals surface area contributed by atoms with E-state index in [4.69, 9.17) is 0 Å². The lowest BCUT2D eigenvalue weighted by atomic mass is 10.0. The fourth-order valence-electron chi connectivity index (χ4n) is 3.67. The Bertz CT molecular complexity index is 815. The smallest absolute Gasteiger partial charge is 0.244 e. The lowest BCUT2D eigenvalue weighted by Crippen LogP contribution is -2.62. The molecule has 2 aromatic rings. The Kier molecular flexibility index (Phi) is 6.70. The third-order valence-electron chi connectivity index (χ3n) is 5.03. The summed E-state index contributed by atoms with van der Waals surface area (Å²) in [5.74, 6) is -0.0821. The van der Waals surface area contributed by atoms with Crippen molar-refractivity contribution in [1.29, 1.82) is 0 Å². The maximum absolute atomic E-state index is 13.0. The molecule has 1 unspecified atom stereocenters. The van der Waals surface area contributed by atoms with Crippen LogP contribution in [0.3, 0.4) is 0 Å². The summed E-state index contributed by atoms with van der Waals surface area (Å²) in [4.78, 5) is 30.1. The van der Waals surface area contributed by atoms with Crippen LogP contribution in [0.5, 0.6) is 0 Å². The van der Waals surface area contributed by atoms with E-state index < -0.39 is 6.04 Å². The van der Waals surface area contributed by atoms with Crippen LogP contribution in [0.1, 0.15) is 31.9 Å². The zero-order valence-electron chi connectivity index (χ0n) is 17.6. The van der Waals surface area contributed by atoms with Crippen molar-refractivity contribution in [2.75, 3.05) is 19.6 Å². The number of carbonyl (C=O) groups is 2. The summed E-state index contributed by atoms with van der Waals surface area (Å²) >= 11 is 0. The molecule has 0 radical (unpaired) electrons. The Morgan fingerprint density at radius 1 is 0.931 bits per heavy atom. The molecule has 0 saturated carbocycles. The minimum absolute atomic E-state index is 0.00428. The number of amides is 2. The van der Waals surface area contributed by atoms with Crippen LogP contribution >= 0.6 is 0 Å². The normalized spacial score (nSPS) is 17.8. The molecule has 0 aromatic heterocycles. The molecule has 1 fully saturated rings. The Labute approximate surface area is 173 Å². The Hall–Kier alpha value is -2.66. The zero-order chi connectivity index (χ0) is 20.9. The molecule has 2 aromatic carbocycles. The van der Waals surface area contributed by atoms with Gasteiger partial charge >= 0.3 is 0 Å². The highest BCUT2D eigenvalue weighted by atomic mass is 16.2.